The van der Waals surface area contributed by atoms with Crippen molar-refractivity contribution < 1.29 is 19.3 Å². The van der Waals surface area contributed by atoms with Gasteiger partial charge in [0.25, 0.3) is 0 Å². The van der Waals surface area contributed by atoms with E-state index in [1.165, 1.54) is 27.5 Å². The third-order valence-electron chi connectivity index (χ3n) is 7.58. The topological polar surface area (TPSA) is 60.0 Å². The van der Waals surface area contributed by atoms with Crippen LogP contribution in [0.25, 0.3) is 0 Å². The van der Waals surface area contributed by atoms with Gasteiger partial charge in [-0.05, 0) is 35.1 Å². The van der Waals surface area contributed by atoms with Gasteiger partial charge < -0.3 is 24.6 Å². The summed E-state index contributed by atoms with van der Waals surface area (Å²) in [6.07, 6.45) is -0.606. The standard InChI is InChI=1S/C20H36B9NO4/c1-7-10(21)14(25)16(27)17(11(7)22)34-5-8(31)4-30-6-20(28,29)9-12(23)15(26)19(33-3)18(32-2)13(9)24/h8,30-31H,4-6,21-29H2,1-3H3. The monoisotopic (exact) mass is 453 g/mol. The molecule has 172 valence electrons. The van der Waals surface area contributed by atoms with Crippen LogP contribution in [0.5, 0.6) is 17.2 Å². The van der Waals surface area contributed by atoms with Gasteiger partial charge in [0.15, 0.2) is 11.5 Å². The van der Waals surface area contributed by atoms with Gasteiger partial charge in [0, 0.05) is 6.54 Å². The molecule has 0 aliphatic rings. The van der Waals surface area contributed by atoms with E-state index in [4.69, 9.17) is 14.2 Å². The molecule has 0 radical (unpaired) electrons. The Bertz CT molecular complexity index is 1040. The van der Waals surface area contributed by atoms with Gasteiger partial charge in [-0.1, -0.05) is 33.0 Å². The van der Waals surface area contributed by atoms with E-state index >= 15 is 0 Å². The molecule has 5 nitrogen and oxygen atoms in total. The Morgan fingerprint density at radius 1 is 0.765 bits per heavy atom. The van der Waals surface area contributed by atoms with Crippen LogP contribution in [0, 0.1) is 6.92 Å². The fourth-order valence-corrected chi connectivity index (χ4v) is 5.16. The van der Waals surface area contributed by atoms with E-state index in [9.17, 15) is 5.11 Å². The van der Waals surface area contributed by atoms with Crippen LogP contribution in [-0.2, 0) is 5.21 Å². The van der Waals surface area contributed by atoms with Crippen molar-refractivity contribution in [2.75, 3.05) is 33.9 Å². The first-order valence-electron chi connectivity index (χ1n) is 12.1. The zero-order valence-electron chi connectivity index (χ0n) is 23.4. The zero-order chi connectivity index (χ0) is 26.0. The first kappa shape index (κ1) is 28.6. The minimum atomic E-state index is -0.606. The summed E-state index contributed by atoms with van der Waals surface area (Å²) in [6.45, 7) is 3.55. The summed E-state index contributed by atoms with van der Waals surface area (Å²) in [4.78, 5) is 0. The number of aliphatic hydroxyl groups excluding tert-OH is 1. The fourth-order valence-electron chi connectivity index (χ4n) is 5.16. The van der Waals surface area contributed by atoms with Crippen LogP contribution in [0.3, 0.4) is 0 Å². The lowest BCUT2D eigenvalue weighted by atomic mass is 9.46. The maximum Gasteiger partial charge on any atom is 0.153 e. The molecule has 0 aromatic heterocycles. The molecule has 0 aliphatic carbocycles. The number of ether oxygens (including phenoxy) is 3. The van der Waals surface area contributed by atoms with Gasteiger partial charge in [-0.25, -0.2) is 0 Å². The Morgan fingerprint density at radius 3 is 1.85 bits per heavy atom. The minimum Gasteiger partial charge on any atom is -0.494 e. The molecule has 2 rings (SSSR count). The van der Waals surface area contributed by atoms with E-state index in [-0.39, 0.29) is 11.8 Å². The Kier molecular flexibility index (Phi) is 9.57. The summed E-state index contributed by atoms with van der Waals surface area (Å²) in [5.41, 5.74) is 10.8. The molecule has 0 saturated heterocycles. The van der Waals surface area contributed by atoms with Gasteiger partial charge in [0.1, 0.15) is 89.1 Å². The lowest BCUT2D eigenvalue weighted by molar-refractivity contribution is 0.107. The highest BCUT2D eigenvalue weighted by atomic mass is 16.5. The van der Waals surface area contributed by atoms with Gasteiger partial charge in [0.05, 0.1) is 14.2 Å². The molecular formula is C20H36B9NO4. The zero-order valence-corrected chi connectivity index (χ0v) is 23.4. The van der Waals surface area contributed by atoms with Crippen molar-refractivity contribution in [1.82, 2.24) is 5.32 Å². The van der Waals surface area contributed by atoms with Crippen molar-refractivity contribution in [1.29, 1.82) is 0 Å². The molecular weight excluding hydrogens is 416 g/mol. The second-order valence-corrected chi connectivity index (χ2v) is 10.3. The molecule has 1 atom stereocenters. The SMILES string of the molecule is Bc1c(B)c(C)c(B)c(OCC(O)CNCC(B)(B)c2c(B)c(B)c(OC)c(OC)c2B)c1B. The fraction of sp³-hybridized carbons (Fsp3) is 0.400. The highest BCUT2D eigenvalue weighted by Crippen LogP contribution is 2.24. The number of methoxy groups -OCH3 is 2. The average molecular weight is 452 g/mol. The number of rotatable bonds is 10. The van der Waals surface area contributed by atoms with Gasteiger partial charge in [-0.15, -0.1) is 0 Å². The number of nitrogens with one attached hydrogen (secondary N) is 1. The van der Waals surface area contributed by atoms with Crippen molar-refractivity contribution >= 4 is 109 Å². The van der Waals surface area contributed by atoms with E-state index in [2.05, 4.69) is 82.9 Å². The number of hydrogen-bond acceptors (Lipinski definition) is 5. The van der Waals surface area contributed by atoms with E-state index in [0.29, 0.717) is 13.1 Å². The second-order valence-electron chi connectivity index (χ2n) is 10.3. The lowest BCUT2D eigenvalue weighted by Gasteiger charge is -2.33. The molecule has 0 fully saturated rings. The molecule has 2 aromatic rings. The maximum atomic E-state index is 10.6. The molecule has 14 heteroatoms. The van der Waals surface area contributed by atoms with Crippen LogP contribution in [0.4, 0.5) is 0 Å². The van der Waals surface area contributed by atoms with E-state index in [1.807, 2.05) is 0 Å². The molecule has 2 N–H and O–H groups in total. The number of aliphatic hydroxyl groups is 1. The molecule has 0 aliphatic heterocycles. The Morgan fingerprint density at radius 2 is 1.29 bits per heavy atom. The van der Waals surface area contributed by atoms with Crippen LogP contribution < -0.4 is 57.8 Å². The summed E-state index contributed by atoms with van der Waals surface area (Å²) in [5, 5.41) is 13.9. The predicted molar refractivity (Wildman–Crippen MR) is 171 cm³/mol. The minimum absolute atomic E-state index is 0.169. The van der Waals surface area contributed by atoms with Crippen molar-refractivity contribution in [3.63, 3.8) is 0 Å². The highest BCUT2D eigenvalue weighted by molar-refractivity contribution is 6.60. The predicted octanol–water partition coefficient (Wildman–Crippen LogP) is -11.7. The summed E-state index contributed by atoms with van der Waals surface area (Å²) < 4.78 is 17.4. The molecule has 0 spiro atoms. The lowest BCUT2D eigenvalue weighted by Crippen LogP contribution is -2.51. The van der Waals surface area contributed by atoms with Crippen molar-refractivity contribution in [2.24, 2.45) is 0 Å². The average Bonchev–Trinajstić information content (AvgIpc) is 2.78. The van der Waals surface area contributed by atoms with E-state index in [0.717, 1.165) is 39.1 Å². The third-order valence-corrected chi connectivity index (χ3v) is 7.58. The van der Waals surface area contributed by atoms with Crippen LogP contribution in [-0.4, -0.2) is 116 Å². The first-order chi connectivity index (χ1) is 15.8. The Hall–Kier alpha value is -1.66. The molecule has 34 heavy (non-hydrogen) atoms. The maximum absolute atomic E-state index is 10.6. The highest BCUT2D eigenvalue weighted by Gasteiger charge is 2.29. The van der Waals surface area contributed by atoms with Crippen LogP contribution >= 0.6 is 0 Å². The quantitative estimate of drug-likeness (QED) is 0.351. The summed E-state index contributed by atoms with van der Waals surface area (Å²) in [7, 11) is 22.6. The normalized spacial score (nSPS) is 12.4. The molecule has 0 saturated carbocycles. The second kappa shape index (κ2) is 11.4. The summed E-state index contributed by atoms with van der Waals surface area (Å²) in [6, 6.07) is 0. The Balaban J connectivity index is 2.10. The molecule has 0 heterocycles. The third kappa shape index (κ3) is 5.59. The van der Waals surface area contributed by atoms with Crippen LogP contribution in [0.15, 0.2) is 0 Å². The van der Waals surface area contributed by atoms with Gasteiger partial charge in [-0.3, -0.25) is 0 Å². The largest absolute Gasteiger partial charge is 0.494 e. The summed E-state index contributed by atoms with van der Waals surface area (Å²) in [5.74, 6) is 2.48. The van der Waals surface area contributed by atoms with Gasteiger partial charge in [-0.2, -0.15) is 0 Å². The number of hydrogen-bond donors (Lipinski definition) is 2. The van der Waals surface area contributed by atoms with Gasteiger partial charge >= 0.3 is 0 Å². The van der Waals surface area contributed by atoms with Crippen molar-refractivity contribution in [2.45, 2.75) is 18.2 Å². The molecule has 0 bridgehead atoms. The number of benzene rings is 2. The van der Waals surface area contributed by atoms with Crippen molar-refractivity contribution in [3.8, 4) is 17.2 Å². The van der Waals surface area contributed by atoms with Gasteiger partial charge in [0.2, 0.25) is 0 Å². The summed E-state index contributed by atoms with van der Waals surface area (Å²) >= 11 is 0. The van der Waals surface area contributed by atoms with Crippen LogP contribution in [0.2, 0.25) is 0 Å². The van der Waals surface area contributed by atoms with Crippen molar-refractivity contribution in [3.05, 3.63) is 11.1 Å². The van der Waals surface area contributed by atoms with E-state index in [1.54, 1.807) is 14.2 Å². The first-order valence-corrected chi connectivity index (χ1v) is 12.1. The molecule has 2 aromatic carbocycles. The Labute approximate surface area is 213 Å². The van der Waals surface area contributed by atoms with E-state index < -0.39 is 6.10 Å². The molecule has 1 unspecified atom stereocenters. The van der Waals surface area contributed by atoms with Crippen LogP contribution in [0.1, 0.15) is 11.1 Å². The smallest absolute Gasteiger partial charge is 0.153 e. The molecule has 0 amide bonds.